The number of nitrogens with zero attached hydrogens (tertiary/aromatic N) is 1. The molecule has 0 aromatic carbocycles. The normalized spacial score (nSPS) is 23.6. The third-order valence-electron chi connectivity index (χ3n) is 5.19. The molecule has 2 amide bonds. The van der Waals surface area contributed by atoms with Crippen molar-refractivity contribution in [3.63, 3.8) is 0 Å². The average molecular weight is 365 g/mol. The molecule has 2 unspecified atom stereocenters. The van der Waals surface area contributed by atoms with Gasteiger partial charge in [0.1, 0.15) is 0 Å². The average Bonchev–Trinajstić information content (AvgIpc) is 3.30. The van der Waals surface area contributed by atoms with Gasteiger partial charge in [0.05, 0.1) is 17.2 Å². The summed E-state index contributed by atoms with van der Waals surface area (Å²) in [6, 6.07) is 3.30. The lowest BCUT2D eigenvalue weighted by Crippen LogP contribution is -2.54. The van der Waals surface area contributed by atoms with Crippen molar-refractivity contribution < 1.29 is 14.0 Å². The van der Waals surface area contributed by atoms with Crippen molar-refractivity contribution in [3.05, 3.63) is 24.2 Å². The fraction of sp³-hybridized carbons (Fsp3) is 0.667. The molecular formula is C18H27N3O3S. The minimum absolute atomic E-state index is 0.0503. The van der Waals surface area contributed by atoms with E-state index < -0.39 is 0 Å². The molecule has 2 atom stereocenters. The van der Waals surface area contributed by atoms with E-state index in [1.807, 2.05) is 16.7 Å². The largest absolute Gasteiger partial charge is 0.459 e. The highest BCUT2D eigenvalue weighted by Crippen LogP contribution is 2.39. The Hall–Kier alpha value is -1.47. The van der Waals surface area contributed by atoms with Crippen molar-refractivity contribution in [1.29, 1.82) is 0 Å². The van der Waals surface area contributed by atoms with Gasteiger partial charge >= 0.3 is 0 Å². The van der Waals surface area contributed by atoms with Crippen LogP contribution < -0.4 is 10.6 Å². The number of amides is 2. The molecule has 2 aliphatic rings. The predicted octanol–water partition coefficient (Wildman–Crippen LogP) is 2.08. The van der Waals surface area contributed by atoms with Crippen LogP contribution in [0.5, 0.6) is 0 Å². The predicted molar refractivity (Wildman–Crippen MR) is 98.4 cm³/mol. The summed E-state index contributed by atoms with van der Waals surface area (Å²) < 4.78 is 5.20. The Morgan fingerprint density at radius 1 is 1.48 bits per heavy atom. The number of carbonyl (C=O) groups excluding carboxylic acids is 2. The summed E-state index contributed by atoms with van der Waals surface area (Å²) in [7, 11) is 0. The topological polar surface area (TPSA) is 74.6 Å². The Bertz CT molecular complexity index is 597. The molecule has 0 aliphatic carbocycles. The van der Waals surface area contributed by atoms with Gasteiger partial charge in [0.25, 0.3) is 5.91 Å². The summed E-state index contributed by atoms with van der Waals surface area (Å²) in [6.07, 6.45) is 4.28. The summed E-state index contributed by atoms with van der Waals surface area (Å²) >= 11 is 1.82. The van der Waals surface area contributed by atoms with Gasteiger partial charge in [-0.2, -0.15) is 0 Å². The van der Waals surface area contributed by atoms with E-state index in [9.17, 15) is 9.59 Å². The first-order valence-electron chi connectivity index (χ1n) is 9.05. The van der Waals surface area contributed by atoms with Gasteiger partial charge in [-0.1, -0.05) is 20.3 Å². The second kappa shape index (κ2) is 7.83. The van der Waals surface area contributed by atoms with Gasteiger partial charge in [-0.05, 0) is 30.9 Å². The zero-order valence-electron chi connectivity index (χ0n) is 14.9. The first kappa shape index (κ1) is 18.3. The quantitative estimate of drug-likeness (QED) is 0.836. The molecule has 0 saturated carbocycles. The number of piperidine rings is 1. The van der Waals surface area contributed by atoms with Crippen molar-refractivity contribution in [1.82, 2.24) is 15.5 Å². The maximum atomic E-state index is 12.4. The molecule has 25 heavy (non-hydrogen) atoms. The minimum Gasteiger partial charge on any atom is -0.459 e. The third kappa shape index (κ3) is 4.20. The number of hydrogen-bond donors (Lipinski definition) is 2. The fourth-order valence-corrected chi connectivity index (χ4v) is 4.66. The van der Waals surface area contributed by atoms with Crippen LogP contribution in [0.3, 0.4) is 0 Å². The number of likely N-dealkylation sites (tertiary alicyclic amines) is 1. The number of nitrogens with one attached hydrogen (secondary N) is 2. The van der Waals surface area contributed by atoms with Crippen molar-refractivity contribution in [3.8, 4) is 0 Å². The van der Waals surface area contributed by atoms with Crippen molar-refractivity contribution in [2.24, 2.45) is 5.92 Å². The van der Waals surface area contributed by atoms with Gasteiger partial charge in [0.15, 0.2) is 5.76 Å². The number of rotatable bonds is 5. The van der Waals surface area contributed by atoms with Crippen LogP contribution in [0, 0.1) is 5.92 Å². The molecule has 2 aliphatic heterocycles. The van der Waals surface area contributed by atoms with Gasteiger partial charge in [-0.3, -0.25) is 14.9 Å². The molecule has 1 aromatic rings. The maximum absolute atomic E-state index is 12.4. The summed E-state index contributed by atoms with van der Waals surface area (Å²) in [4.78, 5) is 26.5. The molecule has 2 N–H and O–H groups in total. The van der Waals surface area contributed by atoms with Gasteiger partial charge in [-0.25, -0.2) is 0 Å². The monoisotopic (exact) mass is 365 g/mol. The molecule has 3 rings (SSSR count). The number of hydrogen-bond acceptors (Lipinski definition) is 5. The Kier molecular flexibility index (Phi) is 5.74. The van der Waals surface area contributed by atoms with E-state index in [0.717, 1.165) is 31.6 Å². The van der Waals surface area contributed by atoms with Crippen LogP contribution in [0.1, 0.15) is 43.7 Å². The lowest BCUT2D eigenvalue weighted by molar-refractivity contribution is -0.122. The molecule has 138 valence electrons. The Morgan fingerprint density at radius 2 is 2.24 bits per heavy atom. The fourth-order valence-electron chi connectivity index (χ4n) is 3.24. The van der Waals surface area contributed by atoms with E-state index in [1.54, 1.807) is 12.1 Å². The Balaban J connectivity index is 1.49. The zero-order valence-corrected chi connectivity index (χ0v) is 15.7. The lowest BCUT2D eigenvalue weighted by atomic mass is 10.0. The second-order valence-corrected chi connectivity index (χ2v) is 8.43. The van der Waals surface area contributed by atoms with Crippen molar-refractivity contribution in [2.45, 2.75) is 44.0 Å². The van der Waals surface area contributed by atoms with E-state index in [2.05, 4.69) is 24.5 Å². The number of furan rings is 1. The standard InChI is InChI=1S/C18H27N3O3S/c1-3-13(2)11-19-16(22)14-12-25-18(20-14)6-8-21(9-7-18)17(23)15-5-4-10-24-15/h4-5,10,13-14,20H,3,6-9,11-12H2,1-2H3,(H,19,22). The van der Waals surface area contributed by atoms with Gasteiger partial charge < -0.3 is 14.6 Å². The molecule has 6 nitrogen and oxygen atoms in total. The summed E-state index contributed by atoms with van der Waals surface area (Å²) in [5, 5.41) is 6.58. The van der Waals surface area contributed by atoms with E-state index >= 15 is 0 Å². The van der Waals surface area contributed by atoms with E-state index in [0.29, 0.717) is 24.8 Å². The molecule has 1 aromatic heterocycles. The molecule has 2 saturated heterocycles. The molecule has 2 fully saturated rings. The molecule has 3 heterocycles. The second-order valence-electron chi connectivity index (χ2n) is 7.03. The third-order valence-corrected chi connectivity index (χ3v) is 6.77. The highest BCUT2D eigenvalue weighted by atomic mass is 32.2. The van der Waals surface area contributed by atoms with Gasteiger partial charge in [-0.15, -0.1) is 11.8 Å². The highest BCUT2D eigenvalue weighted by molar-refractivity contribution is 8.01. The SMILES string of the molecule is CCC(C)CNC(=O)C1CSC2(CCN(C(=O)c3ccco3)CC2)N1. The summed E-state index contributed by atoms with van der Waals surface area (Å²) in [5.74, 6) is 1.73. The Labute approximate surface area is 153 Å². The van der Waals surface area contributed by atoms with E-state index in [1.165, 1.54) is 6.26 Å². The summed E-state index contributed by atoms with van der Waals surface area (Å²) in [5.41, 5.74) is 0. The van der Waals surface area contributed by atoms with Crippen LogP contribution in [0.4, 0.5) is 0 Å². The van der Waals surface area contributed by atoms with Crippen LogP contribution in [0.2, 0.25) is 0 Å². The Morgan fingerprint density at radius 3 is 2.88 bits per heavy atom. The summed E-state index contributed by atoms with van der Waals surface area (Å²) in [6.45, 7) is 6.37. The molecule has 1 spiro atoms. The maximum Gasteiger partial charge on any atom is 0.289 e. The first-order valence-corrected chi connectivity index (χ1v) is 10.0. The highest BCUT2D eigenvalue weighted by Gasteiger charge is 2.44. The van der Waals surface area contributed by atoms with Gasteiger partial charge in [0.2, 0.25) is 5.91 Å². The van der Waals surface area contributed by atoms with Crippen LogP contribution in [-0.2, 0) is 4.79 Å². The van der Waals surface area contributed by atoms with Crippen LogP contribution in [0.25, 0.3) is 0 Å². The van der Waals surface area contributed by atoms with Crippen LogP contribution >= 0.6 is 11.8 Å². The van der Waals surface area contributed by atoms with Crippen LogP contribution in [0.15, 0.2) is 22.8 Å². The lowest BCUT2D eigenvalue weighted by Gasteiger charge is -2.38. The molecule has 0 bridgehead atoms. The van der Waals surface area contributed by atoms with Gasteiger partial charge in [0, 0.05) is 25.4 Å². The first-order chi connectivity index (χ1) is 12.0. The molecular weight excluding hydrogens is 338 g/mol. The van der Waals surface area contributed by atoms with Crippen molar-refractivity contribution >= 4 is 23.6 Å². The van der Waals surface area contributed by atoms with Crippen LogP contribution in [-0.4, -0.2) is 53.0 Å². The number of thioether (sulfide) groups is 1. The van der Waals surface area contributed by atoms with E-state index in [4.69, 9.17) is 4.42 Å². The smallest absolute Gasteiger partial charge is 0.289 e. The zero-order chi connectivity index (χ0) is 17.9. The molecule has 7 heteroatoms. The van der Waals surface area contributed by atoms with E-state index in [-0.39, 0.29) is 22.7 Å². The minimum atomic E-state index is -0.138. The number of carbonyl (C=O) groups is 2. The molecule has 0 radical (unpaired) electrons. The van der Waals surface area contributed by atoms with Crippen molar-refractivity contribution in [2.75, 3.05) is 25.4 Å².